The van der Waals surface area contributed by atoms with E-state index in [0.29, 0.717) is 0 Å². The second-order valence-electron chi connectivity index (χ2n) is 2.68. The summed E-state index contributed by atoms with van der Waals surface area (Å²) in [5.74, 6) is -1.49. The van der Waals surface area contributed by atoms with Crippen LogP contribution in [-0.4, -0.2) is 29.8 Å². The Kier molecular flexibility index (Phi) is 2.81. The molecule has 0 aromatic heterocycles. The van der Waals surface area contributed by atoms with Gasteiger partial charge < -0.3 is 4.74 Å². The Morgan fingerprint density at radius 2 is 1.86 bits per heavy atom. The summed E-state index contributed by atoms with van der Waals surface area (Å²) in [5.41, 5.74) is 0.193. The summed E-state index contributed by atoms with van der Waals surface area (Å²) in [6.45, 7) is 1.46. The van der Waals surface area contributed by atoms with Gasteiger partial charge in [0.15, 0.2) is 0 Å². The molecular weight excluding hydrogens is 186 g/mol. The lowest BCUT2D eigenvalue weighted by molar-refractivity contribution is -0.136. The molecule has 1 aliphatic rings. The third-order valence-electron chi connectivity index (χ3n) is 1.67. The zero-order valence-corrected chi connectivity index (χ0v) is 7.81. The molecule has 1 aliphatic heterocycles. The van der Waals surface area contributed by atoms with Crippen LogP contribution in [0.5, 0.6) is 0 Å². The normalized spacial score (nSPS) is 16.4. The highest BCUT2D eigenvalue weighted by atomic mass is 16.5. The Balaban J connectivity index is 2.82. The molecule has 5 nitrogen and oxygen atoms in total. The number of carbonyl (C=O) groups excluding carboxylic acids is 3. The number of hydrogen-bond acceptors (Lipinski definition) is 4. The van der Waals surface area contributed by atoms with Crippen LogP contribution in [0, 0.1) is 0 Å². The van der Waals surface area contributed by atoms with Crippen LogP contribution in [0.3, 0.4) is 0 Å². The molecule has 0 aliphatic carbocycles. The van der Waals surface area contributed by atoms with E-state index in [2.05, 4.69) is 4.74 Å². The molecule has 0 aromatic carbocycles. The predicted octanol–water partition coefficient (Wildman–Crippen LogP) is -0.0118. The number of rotatable bonds is 2. The molecular formula is C9H9NO4. The number of esters is 1. The smallest absolute Gasteiger partial charge is 0.334 e. The number of nitrogens with zero attached hydrogens (tertiary/aromatic N) is 1. The van der Waals surface area contributed by atoms with Gasteiger partial charge in [0.2, 0.25) is 0 Å². The molecule has 0 aromatic rings. The minimum Gasteiger partial charge on any atom is -0.466 e. The second-order valence-corrected chi connectivity index (χ2v) is 2.68. The summed E-state index contributed by atoms with van der Waals surface area (Å²) in [5, 5.41) is 0. The molecule has 1 rings (SSSR count). The first kappa shape index (κ1) is 10.2. The van der Waals surface area contributed by atoms with Gasteiger partial charge in [-0.25, -0.2) is 9.69 Å². The molecule has 5 heteroatoms. The quantitative estimate of drug-likeness (QED) is 0.353. The maximum absolute atomic E-state index is 11.1. The summed E-state index contributed by atoms with van der Waals surface area (Å²) < 4.78 is 4.42. The third-order valence-corrected chi connectivity index (χ3v) is 1.67. The van der Waals surface area contributed by atoms with Crippen molar-refractivity contribution in [1.82, 2.24) is 4.90 Å². The summed E-state index contributed by atoms with van der Waals surface area (Å²) in [6.07, 6.45) is 3.45. The third kappa shape index (κ3) is 1.87. The van der Waals surface area contributed by atoms with Gasteiger partial charge in [0.1, 0.15) is 0 Å². The Morgan fingerprint density at radius 1 is 1.36 bits per heavy atom. The first-order valence-corrected chi connectivity index (χ1v) is 3.88. The van der Waals surface area contributed by atoms with Gasteiger partial charge in [-0.05, 0) is 6.92 Å². The Bertz CT molecular complexity index is 336. The van der Waals surface area contributed by atoms with Crippen molar-refractivity contribution in [3.63, 3.8) is 0 Å². The number of carbonyl (C=O) groups is 3. The van der Waals surface area contributed by atoms with E-state index in [1.165, 1.54) is 14.0 Å². The lowest BCUT2D eigenvalue weighted by Crippen LogP contribution is -2.25. The van der Waals surface area contributed by atoms with Crippen LogP contribution in [0.1, 0.15) is 6.92 Å². The molecule has 0 atom stereocenters. The standard InChI is InChI=1S/C9H9NO4/c1-6(9(13)14-2)5-10-7(11)3-4-8(10)12/h3-5H,1-2H3. The number of methoxy groups -OCH3 is 1. The minimum absolute atomic E-state index is 0.193. The molecule has 14 heavy (non-hydrogen) atoms. The van der Waals surface area contributed by atoms with Crippen LogP contribution < -0.4 is 0 Å². The lowest BCUT2D eigenvalue weighted by atomic mass is 10.3. The number of hydrogen-bond donors (Lipinski definition) is 0. The highest BCUT2D eigenvalue weighted by Gasteiger charge is 2.22. The number of ether oxygens (including phenoxy) is 1. The Labute approximate surface area is 80.6 Å². The molecule has 0 N–H and O–H groups in total. The zero-order chi connectivity index (χ0) is 10.7. The highest BCUT2D eigenvalue weighted by molar-refractivity contribution is 6.14. The molecule has 2 amide bonds. The monoisotopic (exact) mass is 195 g/mol. The van der Waals surface area contributed by atoms with Crippen molar-refractivity contribution in [3.05, 3.63) is 23.9 Å². The topological polar surface area (TPSA) is 63.7 Å². The maximum atomic E-state index is 11.1. The minimum atomic E-state index is -0.572. The van der Waals surface area contributed by atoms with Crippen LogP contribution in [0.25, 0.3) is 0 Å². The largest absolute Gasteiger partial charge is 0.466 e. The fourth-order valence-electron chi connectivity index (χ4n) is 0.946. The Hall–Kier alpha value is -1.91. The van der Waals surface area contributed by atoms with Crippen LogP contribution in [0.4, 0.5) is 0 Å². The Morgan fingerprint density at radius 3 is 2.29 bits per heavy atom. The SMILES string of the molecule is COC(=O)C(C)=CN1C(=O)C=CC1=O. The summed E-state index contributed by atoms with van der Waals surface area (Å²) in [6, 6.07) is 0. The molecule has 0 saturated heterocycles. The molecule has 0 unspecified atom stereocenters. The summed E-state index contributed by atoms with van der Waals surface area (Å²) in [7, 11) is 1.23. The molecule has 1 heterocycles. The average molecular weight is 195 g/mol. The van der Waals surface area contributed by atoms with Gasteiger partial charge in [-0.15, -0.1) is 0 Å². The van der Waals surface area contributed by atoms with Gasteiger partial charge >= 0.3 is 5.97 Å². The van der Waals surface area contributed by atoms with Gasteiger partial charge in [-0.1, -0.05) is 0 Å². The van der Waals surface area contributed by atoms with E-state index in [9.17, 15) is 14.4 Å². The van der Waals surface area contributed by atoms with Crippen LogP contribution >= 0.6 is 0 Å². The van der Waals surface area contributed by atoms with E-state index in [0.717, 1.165) is 23.3 Å². The van der Waals surface area contributed by atoms with Crippen molar-refractivity contribution in [2.45, 2.75) is 6.92 Å². The van der Waals surface area contributed by atoms with Gasteiger partial charge in [0.05, 0.1) is 12.7 Å². The average Bonchev–Trinajstić information content (AvgIpc) is 2.48. The van der Waals surface area contributed by atoms with Crippen molar-refractivity contribution >= 4 is 17.8 Å². The zero-order valence-electron chi connectivity index (χ0n) is 7.81. The van der Waals surface area contributed by atoms with E-state index < -0.39 is 17.8 Å². The number of imide groups is 1. The fraction of sp³-hybridized carbons (Fsp3) is 0.222. The number of amides is 2. The molecule has 0 spiro atoms. The van der Waals surface area contributed by atoms with Crippen molar-refractivity contribution < 1.29 is 19.1 Å². The van der Waals surface area contributed by atoms with E-state index in [1.54, 1.807) is 0 Å². The summed E-state index contributed by atoms with van der Waals surface area (Å²) in [4.78, 5) is 33.9. The van der Waals surface area contributed by atoms with E-state index >= 15 is 0 Å². The molecule has 0 fully saturated rings. The van der Waals surface area contributed by atoms with Gasteiger partial charge in [-0.3, -0.25) is 9.59 Å². The van der Waals surface area contributed by atoms with E-state index in [-0.39, 0.29) is 5.57 Å². The van der Waals surface area contributed by atoms with Gasteiger partial charge in [0.25, 0.3) is 11.8 Å². The van der Waals surface area contributed by atoms with Crippen molar-refractivity contribution in [3.8, 4) is 0 Å². The van der Waals surface area contributed by atoms with E-state index in [4.69, 9.17) is 0 Å². The lowest BCUT2D eigenvalue weighted by Gasteiger charge is -2.08. The van der Waals surface area contributed by atoms with Gasteiger partial charge in [-0.2, -0.15) is 0 Å². The molecule has 0 saturated carbocycles. The fourth-order valence-corrected chi connectivity index (χ4v) is 0.946. The highest BCUT2D eigenvalue weighted by Crippen LogP contribution is 2.07. The first-order valence-electron chi connectivity index (χ1n) is 3.88. The summed E-state index contributed by atoms with van der Waals surface area (Å²) >= 11 is 0. The van der Waals surface area contributed by atoms with Crippen LogP contribution in [-0.2, 0) is 19.1 Å². The van der Waals surface area contributed by atoms with E-state index in [1.807, 2.05) is 0 Å². The maximum Gasteiger partial charge on any atom is 0.334 e. The second kappa shape index (κ2) is 3.87. The van der Waals surface area contributed by atoms with Gasteiger partial charge in [0, 0.05) is 18.4 Å². The van der Waals surface area contributed by atoms with Crippen molar-refractivity contribution in [1.29, 1.82) is 0 Å². The molecule has 0 bridgehead atoms. The van der Waals surface area contributed by atoms with Crippen LogP contribution in [0.2, 0.25) is 0 Å². The van der Waals surface area contributed by atoms with Crippen molar-refractivity contribution in [2.75, 3.05) is 7.11 Å². The molecule has 0 radical (unpaired) electrons. The van der Waals surface area contributed by atoms with Crippen LogP contribution in [0.15, 0.2) is 23.9 Å². The molecule has 74 valence electrons. The van der Waals surface area contributed by atoms with Crippen molar-refractivity contribution in [2.24, 2.45) is 0 Å². The first-order chi connectivity index (χ1) is 6.56. The predicted molar refractivity (Wildman–Crippen MR) is 46.8 cm³/mol.